The first-order valence-corrected chi connectivity index (χ1v) is 13.6. The zero-order valence-electron chi connectivity index (χ0n) is 23.3. The largest absolute Gasteiger partial charge is 0.368 e. The van der Waals surface area contributed by atoms with Crippen LogP contribution in [0.15, 0.2) is 71.5 Å². The number of fused-ring (bicyclic) bond motifs is 4. The molecule has 4 aromatic heterocycles. The average Bonchev–Trinajstić information content (AvgIpc) is 3.58. The first-order valence-electron chi connectivity index (χ1n) is 13.6. The number of nitrogens with zero attached hydrogens (tertiary/aromatic N) is 7. The van der Waals surface area contributed by atoms with Crippen LogP contribution in [0.4, 0.5) is 5.69 Å². The summed E-state index contributed by atoms with van der Waals surface area (Å²) in [6.45, 7) is 10.3. The highest BCUT2D eigenvalue weighted by atomic mass is 35.5. The number of rotatable bonds is 5. The van der Waals surface area contributed by atoms with Crippen molar-refractivity contribution in [3.05, 3.63) is 84.1 Å². The molecule has 10 heteroatoms. The first kappa shape index (κ1) is 28.8. The Morgan fingerprint density at radius 2 is 1.71 bits per heavy atom. The van der Waals surface area contributed by atoms with Gasteiger partial charge in [-0.15, -0.1) is 24.8 Å². The maximum atomic E-state index is 5.38. The molecule has 0 amide bonds. The van der Waals surface area contributed by atoms with E-state index in [2.05, 4.69) is 104 Å². The molecule has 1 aliphatic heterocycles. The van der Waals surface area contributed by atoms with Crippen molar-refractivity contribution in [2.75, 3.05) is 31.1 Å². The SMILES string of the molecule is Cc1ccc2c(N3CCN(CCc4cccc5c4ccc4c(-c6nc(C)no6)ncn45)[C@H](C)C3)cccc2n1.Cl.Cl. The van der Waals surface area contributed by atoms with Crippen molar-refractivity contribution in [1.29, 1.82) is 0 Å². The van der Waals surface area contributed by atoms with Crippen LogP contribution in [0, 0.1) is 13.8 Å². The number of pyridine rings is 2. The van der Waals surface area contributed by atoms with Crippen molar-refractivity contribution < 1.29 is 4.52 Å². The summed E-state index contributed by atoms with van der Waals surface area (Å²) in [5.41, 5.74) is 7.59. The molecule has 8 nitrogen and oxygen atoms in total. The Hall–Kier alpha value is -3.72. The zero-order valence-corrected chi connectivity index (χ0v) is 25.0. The summed E-state index contributed by atoms with van der Waals surface area (Å²) in [6.07, 6.45) is 2.84. The minimum Gasteiger partial charge on any atom is -0.368 e. The summed E-state index contributed by atoms with van der Waals surface area (Å²) in [5.74, 6) is 1.06. The molecular formula is C31H33Cl2N7O. The second kappa shape index (κ2) is 11.6. The standard InChI is InChI=1S/C31H31N7O.2ClH/c1-20-10-11-25-26(33-20)7-5-8-27(25)37-17-16-36(21(2)18-37)15-14-23-6-4-9-28-24(23)12-13-29-30(32-19-38(28)29)31-34-22(3)35-39-31;;/h4-13,19,21H,14-18H2,1-3H3;2*1H/t21-;;/m1../s1. The van der Waals surface area contributed by atoms with E-state index in [0.29, 0.717) is 23.5 Å². The van der Waals surface area contributed by atoms with Crippen LogP contribution in [-0.4, -0.2) is 61.6 Å². The zero-order chi connectivity index (χ0) is 26.5. The van der Waals surface area contributed by atoms with Gasteiger partial charge in [0, 0.05) is 54.4 Å². The second-order valence-electron chi connectivity index (χ2n) is 10.6. The second-order valence-corrected chi connectivity index (χ2v) is 10.6. The van der Waals surface area contributed by atoms with Crippen molar-refractivity contribution in [2.24, 2.45) is 0 Å². The Labute approximate surface area is 251 Å². The topological polar surface area (TPSA) is 75.6 Å². The van der Waals surface area contributed by atoms with Crippen LogP contribution in [0.25, 0.3) is 38.9 Å². The van der Waals surface area contributed by atoms with E-state index < -0.39 is 0 Å². The lowest BCUT2D eigenvalue weighted by Crippen LogP contribution is -2.52. The van der Waals surface area contributed by atoms with Crippen LogP contribution in [0.5, 0.6) is 0 Å². The lowest BCUT2D eigenvalue weighted by molar-refractivity contribution is 0.192. The van der Waals surface area contributed by atoms with Crippen LogP contribution in [0.3, 0.4) is 0 Å². The predicted molar refractivity (Wildman–Crippen MR) is 169 cm³/mol. The van der Waals surface area contributed by atoms with Crippen molar-refractivity contribution in [3.63, 3.8) is 0 Å². The number of benzene rings is 2. The first-order chi connectivity index (χ1) is 19.0. The van der Waals surface area contributed by atoms with E-state index in [4.69, 9.17) is 9.51 Å². The average molecular weight is 591 g/mol. The fourth-order valence-corrected chi connectivity index (χ4v) is 5.98. The molecule has 0 aliphatic carbocycles. The van der Waals surface area contributed by atoms with Crippen molar-refractivity contribution in [2.45, 2.75) is 33.2 Å². The van der Waals surface area contributed by atoms with Crippen LogP contribution in [0.1, 0.15) is 24.0 Å². The Morgan fingerprint density at radius 3 is 2.51 bits per heavy atom. The molecule has 1 aliphatic rings. The fraction of sp³-hybridized carbons (Fsp3) is 0.290. The molecular weight excluding hydrogens is 557 g/mol. The number of piperazine rings is 1. The molecule has 0 saturated carbocycles. The molecule has 5 heterocycles. The molecule has 0 N–H and O–H groups in total. The number of hydrogen-bond donors (Lipinski definition) is 0. The van der Waals surface area contributed by atoms with Crippen molar-refractivity contribution >= 4 is 57.8 Å². The third kappa shape index (κ3) is 5.23. The smallest absolute Gasteiger partial charge is 0.278 e. The Morgan fingerprint density at radius 1 is 0.878 bits per heavy atom. The minimum atomic E-state index is 0. The van der Waals surface area contributed by atoms with Crippen LogP contribution >= 0.6 is 24.8 Å². The summed E-state index contributed by atoms with van der Waals surface area (Å²) < 4.78 is 7.50. The van der Waals surface area contributed by atoms with Gasteiger partial charge < -0.3 is 9.42 Å². The number of hydrogen-bond acceptors (Lipinski definition) is 7. The van der Waals surface area contributed by atoms with Gasteiger partial charge in [0.2, 0.25) is 0 Å². The highest BCUT2D eigenvalue weighted by molar-refractivity contribution is 5.92. The van der Waals surface area contributed by atoms with E-state index in [1.807, 2.05) is 13.3 Å². The lowest BCUT2D eigenvalue weighted by atomic mass is 10.0. The molecule has 1 fully saturated rings. The maximum absolute atomic E-state index is 5.38. The molecule has 1 atom stereocenters. The molecule has 0 spiro atoms. The number of imidazole rings is 1. The predicted octanol–water partition coefficient (Wildman–Crippen LogP) is 6.30. The molecule has 6 aromatic rings. The van der Waals surface area contributed by atoms with E-state index in [0.717, 1.165) is 54.8 Å². The Bertz CT molecular complexity index is 1830. The van der Waals surface area contributed by atoms with Gasteiger partial charge in [0.25, 0.3) is 5.89 Å². The lowest BCUT2D eigenvalue weighted by Gasteiger charge is -2.41. The van der Waals surface area contributed by atoms with E-state index in [1.165, 1.54) is 22.0 Å². The van der Waals surface area contributed by atoms with Crippen LogP contribution in [-0.2, 0) is 6.42 Å². The van der Waals surface area contributed by atoms with Crippen molar-refractivity contribution in [3.8, 4) is 11.6 Å². The number of aromatic nitrogens is 5. The van der Waals surface area contributed by atoms with Gasteiger partial charge in [-0.1, -0.05) is 29.4 Å². The van der Waals surface area contributed by atoms with Gasteiger partial charge in [0.15, 0.2) is 11.5 Å². The summed E-state index contributed by atoms with van der Waals surface area (Å²) in [7, 11) is 0. The molecule has 0 radical (unpaired) electrons. The Kier molecular flexibility index (Phi) is 8.18. The summed E-state index contributed by atoms with van der Waals surface area (Å²) in [6, 6.07) is 22.1. The number of anilines is 1. The normalized spacial score (nSPS) is 15.8. The summed E-state index contributed by atoms with van der Waals surface area (Å²) in [5, 5.41) is 6.41. The quantitative estimate of drug-likeness (QED) is 0.233. The molecule has 1 saturated heterocycles. The van der Waals surface area contributed by atoms with Gasteiger partial charge in [-0.3, -0.25) is 14.3 Å². The van der Waals surface area contributed by atoms with E-state index in [1.54, 1.807) is 0 Å². The van der Waals surface area contributed by atoms with E-state index >= 15 is 0 Å². The molecule has 7 rings (SSSR count). The van der Waals surface area contributed by atoms with Gasteiger partial charge in [0.05, 0.1) is 16.6 Å². The van der Waals surface area contributed by atoms with Crippen LogP contribution in [0.2, 0.25) is 0 Å². The summed E-state index contributed by atoms with van der Waals surface area (Å²) in [4.78, 5) is 18.8. The van der Waals surface area contributed by atoms with E-state index in [9.17, 15) is 0 Å². The highest BCUT2D eigenvalue weighted by Crippen LogP contribution is 2.30. The van der Waals surface area contributed by atoms with E-state index in [-0.39, 0.29) is 24.8 Å². The fourth-order valence-electron chi connectivity index (χ4n) is 5.98. The molecule has 41 heavy (non-hydrogen) atoms. The number of halogens is 2. The van der Waals surface area contributed by atoms with Crippen LogP contribution < -0.4 is 4.90 Å². The Balaban J connectivity index is 0.00000169. The van der Waals surface area contributed by atoms with Gasteiger partial charge in [-0.2, -0.15) is 4.98 Å². The molecule has 2 aromatic carbocycles. The van der Waals surface area contributed by atoms with Gasteiger partial charge in [-0.05, 0) is 69.2 Å². The third-order valence-electron chi connectivity index (χ3n) is 8.00. The maximum Gasteiger partial charge on any atom is 0.278 e. The minimum absolute atomic E-state index is 0. The monoisotopic (exact) mass is 589 g/mol. The molecule has 212 valence electrons. The molecule has 0 unspecified atom stereocenters. The van der Waals surface area contributed by atoms with Crippen molar-refractivity contribution in [1.82, 2.24) is 29.4 Å². The van der Waals surface area contributed by atoms with Gasteiger partial charge in [0.1, 0.15) is 6.33 Å². The molecule has 0 bridgehead atoms. The highest BCUT2D eigenvalue weighted by Gasteiger charge is 2.25. The third-order valence-corrected chi connectivity index (χ3v) is 8.00. The van der Waals surface area contributed by atoms with Gasteiger partial charge in [-0.25, -0.2) is 4.98 Å². The van der Waals surface area contributed by atoms with Gasteiger partial charge >= 0.3 is 0 Å². The summed E-state index contributed by atoms with van der Waals surface area (Å²) >= 11 is 0. The number of aryl methyl sites for hydroxylation is 2.